The third-order valence-electron chi connectivity index (χ3n) is 4.74. The Morgan fingerprint density at radius 2 is 2.00 bits per heavy atom. The summed E-state index contributed by atoms with van der Waals surface area (Å²) in [7, 11) is 3.00. The van der Waals surface area contributed by atoms with Crippen LogP contribution in [0.4, 0.5) is 0 Å². The first kappa shape index (κ1) is 21.8. The van der Waals surface area contributed by atoms with Crippen LogP contribution in [0.2, 0.25) is 0 Å². The maximum absolute atomic E-state index is 13.2. The Labute approximate surface area is 177 Å². The van der Waals surface area contributed by atoms with Gasteiger partial charge in [0.25, 0.3) is 5.91 Å². The van der Waals surface area contributed by atoms with E-state index in [0.717, 1.165) is 0 Å². The first-order chi connectivity index (χ1) is 14.5. The molecule has 1 aromatic heterocycles. The number of aliphatic hydroxyl groups excluding tert-OH is 2. The van der Waals surface area contributed by atoms with Crippen LogP contribution < -0.4 is 9.47 Å². The number of ether oxygens (including phenoxy) is 3. The van der Waals surface area contributed by atoms with E-state index in [1.807, 2.05) is 0 Å². The number of rotatable bonds is 10. The van der Waals surface area contributed by atoms with Crippen molar-refractivity contribution in [2.24, 2.45) is 0 Å². The minimum absolute atomic E-state index is 0.0174. The van der Waals surface area contributed by atoms with E-state index < -0.39 is 23.5 Å². The average molecular weight is 433 g/mol. The topological polar surface area (TPSA) is 106 Å². The molecule has 0 aliphatic carbocycles. The summed E-state index contributed by atoms with van der Waals surface area (Å²) < 4.78 is 16.1. The van der Waals surface area contributed by atoms with Crippen LogP contribution in [0.1, 0.15) is 21.3 Å². The minimum atomic E-state index is -0.880. The van der Waals surface area contributed by atoms with Gasteiger partial charge in [-0.25, -0.2) is 0 Å². The summed E-state index contributed by atoms with van der Waals surface area (Å²) in [5.74, 6) is -0.725. The van der Waals surface area contributed by atoms with Gasteiger partial charge in [0.1, 0.15) is 11.5 Å². The van der Waals surface area contributed by atoms with E-state index in [0.29, 0.717) is 21.9 Å². The Kier molecular flexibility index (Phi) is 7.09. The monoisotopic (exact) mass is 433 g/mol. The van der Waals surface area contributed by atoms with Crippen molar-refractivity contribution in [1.82, 2.24) is 4.90 Å². The Bertz CT molecular complexity index is 939. The molecule has 1 aliphatic rings. The maximum atomic E-state index is 13.2. The molecule has 3 rings (SSSR count). The molecule has 0 bridgehead atoms. The molecule has 1 atom stereocenters. The number of benzene rings is 1. The number of thiophene rings is 1. The van der Waals surface area contributed by atoms with Crippen molar-refractivity contribution in [3.05, 3.63) is 57.5 Å². The van der Waals surface area contributed by atoms with Gasteiger partial charge in [0.15, 0.2) is 5.76 Å². The van der Waals surface area contributed by atoms with E-state index in [1.54, 1.807) is 35.7 Å². The maximum Gasteiger partial charge on any atom is 0.290 e. The van der Waals surface area contributed by atoms with Gasteiger partial charge in [0, 0.05) is 12.1 Å². The molecule has 2 N–H and O–H groups in total. The van der Waals surface area contributed by atoms with Crippen molar-refractivity contribution in [2.75, 3.05) is 40.6 Å². The third-order valence-corrected chi connectivity index (χ3v) is 5.61. The first-order valence-corrected chi connectivity index (χ1v) is 10.1. The van der Waals surface area contributed by atoms with Crippen molar-refractivity contribution < 1.29 is 34.0 Å². The predicted octanol–water partition coefficient (Wildman–Crippen LogP) is 2.35. The van der Waals surface area contributed by atoms with Crippen molar-refractivity contribution in [3.8, 4) is 11.5 Å². The quantitative estimate of drug-likeness (QED) is 0.438. The SMILES string of the molecule is COc1ccc(OC)c(C2C(C(=O)c3cccs3)=C(O)C(=O)N2CCOCCO)c1. The van der Waals surface area contributed by atoms with E-state index in [9.17, 15) is 14.7 Å². The fraction of sp³-hybridized carbons (Fsp3) is 0.333. The molecule has 160 valence electrons. The van der Waals surface area contributed by atoms with Gasteiger partial charge in [0.2, 0.25) is 5.78 Å². The molecular weight excluding hydrogens is 410 g/mol. The lowest BCUT2D eigenvalue weighted by Crippen LogP contribution is -2.34. The van der Waals surface area contributed by atoms with E-state index in [-0.39, 0.29) is 31.9 Å². The molecule has 0 radical (unpaired) electrons. The average Bonchev–Trinajstić information content (AvgIpc) is 3.38. The molecule has 8 nitrogen and oxygen atoms in total. The van der Waals surface area contributed by atoms with E-state index in [4.69, 9.17) is 19.3 Å². The highest BCUT2D eigenvalue weighted by atomic mass is 32.1. The van der Waals surface area contributed by atoms with Gasteiger partial charge in [0.05, 0.1) is 50.5 Å². The number of Topliss-reactive ketones (excluding diaryl/α,β-unsaturated/α-hetero) is 1. The summed E-state index contributed by atoms with van der Waals surface area (Å²) in [5.41, 5.74) is 0.493. The summed E-state index contributed by atoms with van der Waals surface area (Å²) in [5, 5.41) is 21.3. The number of hydrogen-bond donors (Lipinski definition) is 2. The fourth-order valence-corrected chi connectivity index (χ4v) is 4.04. The van der Waals surface area contributed by atoms with E-state index in [1.165, 1.54) is 30.5 Å². The Morgan fingerprint density at radius 1 is 1.20 bits per heavy atom. The van der Waals surface area contributed by atoms with Crippen LogP contribution >= 0.6 is 11.3 Å². The number of carbonyl (C=O) groups is 2. The smallest absolute Gasteiger partial charge is 0.290 e. The second-order valence-electron chi connectivity index (χ2n) is 6.41. The number of carbonyl (C=O) groups excluding carboxylic acids is 2. The van der Waals surface area contributed by atoms with E-state index in [2.05, 4.69) is 0 Å². The number of methoxy groups -OCH3 is 2. The molecule has 2 heterocycles. The second-order valence-corrected chi connectivity index (χ2v) is 7.36. The molecule has 0 fully saturated rings. The number of nitrogens with zero attached hydrogens (tertiary/aromatic N) is 1. The molecule has 1 unspecified atom stereocenters. The van der Waals surface area contributed by atoms with Crippen LogP contribution in [0.15, 0.2) is 47.0 Å². The summed E-state index contributed by atoms with van der Waals surface area (Å²) >= 11 is 1.23. The number of aliphatic hydroxyl groups is 2. The zero-order valence-electron chi connectivity index (χ0n) is 16.7. The van der Waals surface area contributed by atoms with Crippen LogP contribution in [0, 0.1) is 0 Å². The highest BCUT2D eigenvalue weighted by Gasteiger charge is 2.45. The first-order valence-electron chi connectivity index (χ1n) is 9.26. The predicted molar refractivity (Wildman–Crippen MR) is 110 cm³/mol. The van der Waals surface area contributed by atoms with Crippen LogP contribution in [-0.2, 0) is 9.53 Å². The molecule has 0 spiro atoms. The number of ketones is 1. The molecule has 1 aromatic carbocycles. The zero-order valence-corrected chi connectivity index (χ0v) is 17.5. The zero-order chi connectivity index (χ0) is 21.7. The summed E-state index contributed by atoms with van der Waals surface area (Å²) in [6.45, 7) is 0.209. The largest absolute Gasteiger partial charge is 0.503 e. The summed E-state index contributed by atoms with van der Waals surface area (Å²) in [6, 6.07) is 7.56. The fourth-order valence-electron chi connectivity index (χ4n) is 3.36. The van der Waals surface area contributed by atoms with Crippen molar-refractivity contribution in [1.29, 1.82) is 0 Å². The molecule has 2 aromatic rings. The van der Waals surface area contributed by atoms with Gasteiger partial charge in [-0.05, 0) is 29.6 Å². The Hall–Kier alpha value is -2.88. The van der Waals surface area contributed by atoms with Gasteiger partial charge in [-0.3, -0.25) is 9.59 Å². The van der Waals surface area contributed by atoms with Gasteiger partial charge < -0.3 is 29.3 Å². The normalized spacial score (nSPS) is 16.3. The molecular formula is C21H23NO7S. The van der Waals surface area contributed by atoms with Crippen LogP contribution in [-0.4, -0.2) is 67.4 Å². The Morgan fingerprint density at radius 3 is 2.63 bits per heavy atom. The highest BCUT2D eigenvalue weighted by Crippen LogP contribution is 2.43. The summed E-state index contributed by atoms with van der Waals surface area (Å²) in [6.07, 6.45) is 0. The van der Waals surface area contributed by atoms with Crippen LogP contribution in [0.3, 0.4) is 0 Å². The standard InChI is InChI=1S/C21H23NO7S/c1-27-13-5-6-15(28-2)14(12-13)18-17(19(24)16-4-3-11-30-16)20(25)21(26)22(18)7-9-29-10-8-23/h3-6,11-12,18,23,25H,7-10H2,1-2H3. The number of hydrogen-bond acceptors (Lipinski definition) is 8. The lowest BCUT2D eigenvalue weighted by molar-refractivity contribution is -0.130. The van der Waals surface area contributed by atoms with Crippen LogP contribution in [0.5, 0.6) is 11.5 Å². The second kappa shape index (κ2) is 9.75. The molecule has 1 aliphatic heterocycles. The minimum Gasteiger partial charge on any atom is -0.503 e. The lowest BCUT2D eigenvalue weighted by Gasteiger charge is -2.28. The van der Waals surface area contributed by atoms with Crippen LogP contribution in [0.25, 0.3) is 0 Å². The van der Waals surface area contributed by atoms with Gasteiger partial charge in [-0.2, -0.15) is 0 Å². The lowest BCUT2D eigenvalue weighted by atomic mass is 9.94. The van der Waals surface area contributed by atoms with Crippen molar-refractivity contribution in [2.45, 2.75) is 6.04 Å². The Balaban J connectivity index is 2.08. The summed E-state index contributed by atoms with van der Waals surface area (Å²) in [4.78, 5) is 27.9. The highest BCUT2D eigenvalue weighted by molar-refractivity contribution is 7.12. The van der Waals surface area contributed by atoms with Gasteiger partial charge >= 0.3 is 0 Å². The molecule has 1 amide bonds. The molecule has 0 saturated carbocycles. The third kappa shape index (κ3) is 4.18. The van der Waals surface area contributed by atoms with Crippen molar-refractivity contribution >= 4 is 23.0 Å². The van der Waals surface area contributed by atoms with Gasteiger partial charge in [-0.1, -0.05) is 6.07 Å². The van der Waals surface area contributed by atoms with E-state index >= 15 is 0 Å². The molecule has 30 heavy (non-hydrogen) atoms. The molecule has 0 saturated heterocycles. The number of amides is 1. The van der Waals surface area contributed by atoms with Gasteiger partial charge in [-0.15, -0.1) is 11.3 Å². The van der Waals surface area contributed by atoms with Crippen molar-refractivity contribution in [3.63, 3.8) is 0 Å². The molecule has 9 heteroatoms.